The lowest BCUT2D eigenvalue weighted by atomic mass is 10.1. The molecule has 0 aromatic carbocycles. The first-order chi connectivity index (χ1) is 17.2. The molecule has 0 aliphatic rings. The number of thioether (sulfide) groups is 1. The molecule has 0 unspecified atom stereocenters. The molecule has 0 spiro atoms. The van der Waals surface area contributed by atoms with Crippen LogP contribution in [0.1, 0.15) is 155 Å². The van der Waals surface area contributed by atoms with Crippen molar-refractivity contribution in [3.63, 3.8) is 0 Å². The summed E-state index contributed by atoms with van der Waals surface area (Å²) in [5, 5.41) is 0. The fourth-order valence-corrected chi connectivity index (χ4v) is 4.93. The zero-order chi connectivity index (χ0) is 25.7. The number of esters is 2. The van der Waals surface area contributed by atoms with Crippen molar-refractivity contribution in [2.75, 3.05) is 24.7 Å². The molecule has 5 nitrogen and oxygen atoms in total. The van der Waals surface area contributed by atoms with E-state index in [2.05, 4.69) is 13.8 Å². The molecule has 0 aliphatic heterocycles. The highest BCUT2D eigenvalue weighted by molar-refractivity contribution is 7.99. The summed E-state index contributed by atoms with van der Waals surface area (Å²) in [6.45, 7) is 5.60. The van der Waals surface area contributed by atoms with E-state index < -0.39 is 0 Å². The SMILES string of the molecule is CCCCCCCCCCCCOC(=O)CCSCCC(=O)OCCCCCCCCCCCC.O. The molecule has 0 fully saturated rings. The van der Waals surface area contributed by atoms with Crippen LogP contribution in [0.5, 0.6) is 0 Å². The number of unbranched alkanes of at least 4 members (excludes halogenated alkanes) is 18. The van der Waals surface area contributed by atoms with Gasteiger partial charge in [0.05, 0.1) is 26.1 Å². The molecule has 0 aromatic heterocycles. The molecule has 0 aliphatic carbocycles. The van der Waals surface area contributed by atoms with Crippen molar-refractivity contribution in [2.45, 2.75) is 155 Å². The highest BCUT2D eigenvalue weighted by atomic mass is 32.2. The first-order valence-corrected chi connectivity index (χ1v) is 16.2. The number of hydrogen-bond acceptors (Lipinski definition) is 5. The zero-order valence-corrected chi connectivity index (χ0v) is 24.7. The minimum atomic E-state index is -0.114. The van der Waals surface area contributed by atoms with Gasteiger partial charge in [-0.15, -0.1) is 0 Å². The second-order valence-electron chi connectivity index (χ2n) is 9.92. The first kappa shape index (κ1) is 37.4. The van der Waals surface area contributed by atoms with Crippen molar-refractivity contribution in [3.05, 3.63) is 0 Å². The number of rotatable bonds is 28. The van der Waals surface area contributed by atoms with Crippen LogP contribution in [-0.4, -0.2) is 42.1 Å². The van der Waals surface area contributed by atoms with E-state index in [1.807, 2.05) is 0 Å². The zero-order valence-electron chi connectivity index (χ0n) is 23.9. The lowest BCUT2D eigenvalue weighted by molar-refractivity contribution is -0.144. The van der Waals surface area contributed by atoms with E-state index in [0.29, 0.717) is 37.6 Å². The largest absolute Gasteiger partial charge is 0.466 e. The highest BCUT2D eigenvalue weighted by Crippen LogP contribution is 2.12. The number of carbonyl (C=O) groups excluding carboxylic acids is 2. The molecule has 0 bridgehead atoms. The normalized spacial score (nSPS) is 10.7. The molecule has 216 valence electrons. The van der Waals surface area contributed by atoms with Gasteiger partial charge in [-0.25, -0.2) is 0 Å². The second-order valence-corrected chi connectivity index (χ2v) is 11.1. The van der Waals surface area contributed by atoms with Gasteiger partial charge in [0, 0.05) is 11.5 Å². The van der Waals surface area contributed by atoms with Crippen LogP contribution in [0.3, 0.4) is 0 Å². The molecule has 0 atom stereocenters. The minimum absolute atomic E-state index is 0. The average Bonchev–Trinajstić information content (AvgIpc) is 2.85. The molecule has 0 aromatic rings. The third kappa shape index (κ3) is 31.3. The van der Waals surface area contributed by atoms with E-state index in [-0.39, 0.29) is 17.4 Å². The molecule has 0 saturated carbocycles. The minimum Gasteiger partial charge on any atom is -0.466 e. The third-order valence-corrected chi connectivity index (χ3v) is 7.41. The Morgan fingerprint density at radius 3 is 1.06 bits per heavy atom. The van der Waals surface area contributed by atoms with Gasteiger partial charge < -0.3 is 14.9 Å². The van der Waals surface area contributed by atoms with Crippen molar-refractivity contribution in [1.29, 1.82) is 0 Å². The lowest BCUT2D eigenvalue weighted by Gasteiger charge is -2.06. The maximum absolute atomic E-state index is 11.8. The lowest BCUT2D eigenvalue weighted by Crippen LogP contribution is -2.09. The van der Waals surface area contributed by atoms with Crippen molar-refractivity contribution >= 4 is 23.7 Å². The maximum atomic E-state index is 11.8. The molecule has 0 amide bonds. The Labute approximate surface area is 227 Å². The fraction of sp³-hybridized carbons (Fsp3) is 0.933. The molecule has 36 heavy (non-hydrogen) atoms. The van der Waals surface area contributed by atoms with Gasteiger partial charge in [0.1, 0.15) is 0 Å². The van der Waals surface area contributed by atoms with Crippen LogP contribution in [0.2, 0.25) is 0 Å². The van der Waals surface area contributed by atoms with Gasteiger partial charge >= 0.3 is 11.9 Å². The summed E-state index contributed by atoms with van der Waals surface area (Å²) in [5.41, 5.74) is 0. The van der Waals surface area contributed by atoms with E-state index in [9.17, 15) is 9.59 Å². The van der Waals surface area contributed by atoms with Gasteiger partial charge in [0.2, 0.25) is 0 Å². The Balaban J connectivity index is 0. The monoisotopic (exact) mass is 532 g/mol. The van der Waals surface area contributed by atoms with Gasteiger partial charge in [0.15, 0.2) is 0 Å². The summed E-state index contributed by atoms with van der Waals surface area (Å²) >= 11 is 1.63. The van der Waals surface area contributed by atoms with Crippen molar-refractivity contribution < 1.29 is 24.5 Å². The summed E-state index contributed by atoms with van der Waals surface area (Å²) in [6, 6.07) is 0. The van der Waals surface area contributed by atoms with Gasteiger partial charge in [-0.2, -0.15) is 11.8 Å². The Morgan fingerprint density at radius 2 is 0.750 bits per heavy atom. The van der Waals surface area contributed by atoms with Crippen LogP contribution in [0.25, 0.3) is 0 Å². The average molecular weight is 533 g/mol. The van der Waals surface area contributed by atoms with Crippen LogP contribution in [-0.2, 0) is 19.1 Å². The summed E-state index contributed by atoms with van der Waals surface area (Å²) in [4.78, 5) is 23.6. The molecular formula is C30H60O5S. The number of carbonyl (C=O) groups is 2. The van der Waals surface area contributed by atoms with Crippen molar-refractivity contribution in [3.8, 4) is 0 Å². The molecule has 2 N–H and O–H groups in total. The van der Waals surface area contributed by atoms with E-state index in [0.717, 1.165) is 25.7 Å². The molecule has 0 radical (unpaired) electrons. The number of hydrogen-bond donors (Lipinski definition) is 0. The van der Waals surface area contributed by atoms with Crippen LogP contribution >= 0.6 is 11.8 Å². The molecule has 0 rings (SSSR count). The number of ether oxygens (including phenoxy) is 2. The summed E-state index contributed by atoms with van der Waals surface area (Å²) in [7, 11) is 0. The van der Waals surface area contributed by atoms with Crippen LogP contribution < -0.4 is 0 Å². The fourth-order valence-electron chi connectivity index (χ4n) is 4.11. The predicted octanol–water partition coefficient (Wildman–Crippen LogP) is 8.60. The highest BCUT2D eigenvalue weighted by Gasteiger charge is 2.06. The molecule has 6 heteroatoms. The van der Waals surface area contributed by atoms with Crippen molar-refractivity contribution in [1.82, 2.24) is 0 Å². The third-order valence-electron chi connectivity index (χ3n) is 6.42. The van der Waals surface area contributed by atoms with Gasteiger partial charge in [-0.05, 0) is 12.8 Å². The van der Waals surface area contributed by atoms with E-state index in [4.69, 9.17) is 9.47 Å². The Hall–Kier alpha value is -0.750. The quantitative estimate of drug-likeness (QED) is 0.0744. The van der Waals surface area contributed by atoms with E-state index >= 15 is 0 Å². The first-order valence-electron chi connectivity index (χ1n) is 15.1. The Morgan fingerprint density at radius 1 is 0.472 bits per heavy atom. The van der Waals surface area contributed by atoms with E-state index in [1.54, 1.807) is 11.8 Å². The van der Waals surface area contributed by atoms with Gasteiger partial charge in [-0.1, -0.05) is 129 Å². The van der Waals surface area contributed by atoms with Crippen LogP contribution in [0, 0.1) is 0 Å². The van der Waals surface area contributed by atoms with Crippen molar-refractivity contribution in [2.24, 2.45) is 0 Å². The standard InChI is InChI=1S/C30H58O4S.H2O/c1-3-5-7-9-11-13-15-17-19-21-25-33-29(31)23-27-35-28-24-30(32)34-26-22-20-18-16-14-12-10-8-6-4-2;/h3-28H2,1-2H3;1H2. The van der Waals surface area contributed by atoms with Crippen LogP contribution in [0.4, 0.5) is 0 Å². The summed E-state index contributed by atoms with van der Waals surface area (Å²) < 4.78 is 10.6. The molecule has 0 saturated heterocycles. The van der Waals surface area contributed by atoms with Gasteiger partial charge in [0.25, 0.3) is 0 Å². The Bertz CT molecular complexity index is 419. The molecular weight excluding hydrogens is 472 g/mol. The Kier molecular flexibility index (Phi) is 33.5. The smallest absolute Gasteiger partial charge is 0.306 e. The molecule has 0 heterocycles. The summed E-state index contributed by atoms with van der Waals surface area (Å²) in [6.07, 6.45) is 26.5. The predicted molar refractivity (Wildman–Crippen MR) is 156 cm³/mol. The maximum Gasteiger partial charge on any atom is 0.306 e. The van der Waals surface area contributed by atoms with Crippen LogP contribution in [0.15, 0.2) is 0 Å². The topological polar surface area (TPSA) is 84.1 Å². The summed E-state index contributed by atoms with van der Waals surface area (Å²) in [5.74, 6) is 1.19. The van der Waals surface area contributed by atoms with Gasteiger partial charge in [-0.3, -0.25) is 9.59 Å². The van der Waals surface area contributed by atoms with E-state index in [1.165, 1.54) is 103 Å². The second kappa shape index (κ2) is 32.3.